The predicted molar refractivity (Wildman–Crippen MR) is 54.2 cm³/mol. The van der Waals surface area contributed by atoms with E-state index in [0.717, 1.165) is 37.6 Å². The first-order valence-corrected chi connectivity index (χ1v) is 4.81. The van der Waals surface area contributed by atoms with Gasteiger partial charge in [-0.05, 0) is 0 Å². The second-order valence-corrected chi connectivity index (χ2v) is 3.80. The zero-order valence-electron chi connectivity index (χ0n) is 7.77. The third kappa shape index (κ3) is 1.14. The number of phenols is 2. The lowest BCUT2D eigenvalue weighted by Gasteiger charge is -2.11. The third-order valence-electron chi connectivity index (χ3n) is 2.65. The number of nitrogens with zero attached hydrogens (tertiary/aromatic N) is 2. The van der Waals surface area contributed by atoms with Gasteiger partial charge in [-0.1, -0.05) is 0 Å². The van der Waals surface area contributed by atoms with Crippen molar-refractivity contribution >= 4 is 11.4 Å². The van der Waals surface area contributed by atoms with Crippen LogP contribution in [-0.4, -0.2) is 36.4 Å². The molecule has 3 rings (SSSR count). The standard InChI is InChI=1S/C10H12N2O2/c13-9-6-8(12-3-4-12)10(14)5-7(9)11-1-2-11/h5-6,13-14H,1-4H2. The highest BCUT2D eigenvalue weighted by molar-refractivity contribution is 5.74. The molecule has 1 aromatic carbocycles. The fourth-order valence-electron chi connectivity index (χ4n) is 1.64. The largest absolute Gasteiger partial charge is 0.506 e. The third-order valence-corrected chi connectivity index (χ3v) is 2.65. The molecule has 2 fully saturated rings. The van der Waals surface area contributed by atoms with Crippen LogP contribution in [0.3, 0.4) is 0 Å². The first-order chi connectivity index (χ1) is 6.75. The Kier molecular flexibility index (Phi) is 1.37. The van der Waals surface area contributed by atoms with E-state index in [1.165, 1.54) is 0 Å². The maximum atomic E-state index is 9.72. The van der Waals surface area contributed by atoms with E-state index in [-0.39, 0.29) is 11.5 Å². The molecule has 14 heavy (non-hydrogen) atoms. The fraction of sp³-hybridized carbons (Fsp3) is 0.400. The van der Waals surface area contributed by atoms with Crippen molar-refractivity contribution in [1.29, 1.82) is 0 Å². The van der Waals surface area contributed by atoms with Gasteiger partial charge in [0.1, 0.15) is 11.5 Å². The van der Waals surface area contributed by atoms with Gasteiger partial charge in [-0.15, -0.1) is 0 Å². The molecule has 0 aromatic heterocycles. The van der Waals surface area contributed by atoms with E-state index >= 15 is 0 Å². The van der Waals surface area contributed by atoms with Gasteiger partial charge < -0.3 is 20.0 Å². The minimum atomic E-state index is 0.266. The van der Waals surface area contributed by atoms with Gasteiger partial charge in [-0.2, -0.15) is 0 Å². The summed E-state index contributed by atoms with van der Waals surface area (Å²) in [6.45, 7) is 3.87. The Morgan fingerprint density at radius 3 is 1.43 bits per heavy atom. The molecule has 2 saturated heterocycles. The van der Waals surface area contributed by atoms with Crippen molar-refractivity contribution in [3.63, 3.8) is 0 Å². The summed E-state index contributed by atoms with van der Waals surface area (Å²) < 4.78 is 0. The monoisotopic (exact) mass is 192 g/mol. The minimum absolute atomic E-state index is 0.266. The zero-order chi connectivity index (χ0) is 9.71. The van der Waals surface area contributed by atoms with Gasteiger partial charge in [-0.3, -0.25) is 0 Å². The first-order valence-electron chi connectivity index (χ1n) is 4.81. The van der Waals surface area contributed by atoms with Gasteiger partial charge in [0.15, 0.2) is 0 Å². The van der Waals surface area contributed by atoms with Crippen LogP contribution in [0.15, 0.2) is 12.1 Å². The summed E-state index contributed by atoms with van der Waals surface area (Å²) in [4.78, 5) is 4.03. The molecular weight excluding hydrogens is 180 g/mol. The lowest BCUT2D eigenvalue weighted by Crippen LogP contribution is -1.95. The molecule has 0 radical (unpaired) electrons. The number of hydrogen-bond acceptors (Lipinski definition) is 4. The SMILES string of the molecule is Oc1cc(N2CC2)c(O)cc1N1CC1. The normalized spacial score (nSPS) is 18.6. The lowest BCUT2D eigenvalue weighted by molar-refractivity contribution is 0.462. The first kappa shape index (κ1) is 7.79. The quantitative estimate of drug-likeness (QED) is 0.536. The van der Waals surface area contributed by atoms with Crippen molar-refractivity contribution in [3.05, 3.63) is 12.1 Å². The van der Waals surface area contributed by atoms with Crippen molar-refractivity contribution in [2.45, 2.75) is 0 Å². The van der Waals surface area contributed by atoms with E-state index in [4.69, 9.17) is 0 Å². The molecule has 0 aliphatic carbocycles. The summed E-state index contributed by atoms with van der Waals surface area (Å²) in [5.74, 6) is 0.532. The molecule has 0 unspecified atom stereocenters. The van der Waals surface area contributed by atoms with Crippen molar-refractivity contribution in [3.8, 4) is 11.5 Å². The Morgan fingerprint density at radius 1 is 0.786 bits per heavy atom. The molecule has 0 atom stereocenters. The number of phenolic OH excluding ortho intramolecular Hbond substituents is 2. The Bertz CT molecular complexity index is 346. The second-order valence-electron chi connectivity index (χ2n) is 3.80. The summed E-state index contributed by atoms with van der Waals surface area (Å²) >= 11 is 0. The number of rotatable bonds is 2. The molecule has 4 heteroatoms. The summed E-state index contributed by atoms with van der Waals surface area (Å²) in [5, 5.41) is 19.4. The molecule has 74 valence electrons. The van der Waals surface area contributed by atoms with E-state index in [1.54, 1.807) is 12.1 Å². The van der Waals surface area contributed by atoms with Crippen LogP contribution in [0.25, 0.3) is 0 Å². The highest BCUT2D eigenvalue weighted by Crippen LogP contribution is 2.42. The van der Waals surface area contributed by atoms with Crippen molar-refractivity contribution in [1.82, 2.24) is 0 Å². The summed E-state index contributed by atoms with van der Waals surface area (Å²) in [5.41, 5.74) is 1.49. The van der Waals surface area contributed by atoms with Crippen molar-refractivity contribution < 1.29 is 10.2 Å². The van der Waals surface area contributed by atoms with Crippen LogP contribution in [0, 0.1) is 0 Å². The van der Waals surface area contributed by atoms with E-state index in [1.807, 2.05) is 9.80 Å². The Hall–Kier alpha value is -1.58. The van der Waals surface area contributed by atoms with Crippen LogP contribution in [-0.2, 0) is 0 Å². The van der Waals surface area contributed by atoms with E-state index in [9.17, 15) is 10.2 Å². The molecule has 2 heterocycles. The van der Waals surface area contributed by atoms with Crippen LogP contribution in [0.2, 0.25) is 0 Å². The molecule has 0 amide bonds. The molecule has 2 N–H and O–H groups in total. The number of anilines is 2. The van der Waals surface area contributed by atoms with Crippen LogP contribution in [0.1, 0.15) is 0 Å². The average Bonchev–Trinajstić information content (AvgIpc) is 3.03. The predicted octanol–water partition coefficient (Wildman–Crippen LogP) is 0.738. The minimum Gasteiger partial charge on any atom is -0.506 e. The van der Waals surface area contributed by atoms with Gasteiger partial charge in [0.25, 0.3) is 0 Å². The van der Waals surface area contributed by atoms with Crippen molar-refractivity contribution in [2.75, 3.05) is 36.0 Å². The van der Waals surface area contributed by atoms with E-state index in [0.29, 0.717) is 0 Å². The molecule has 0 saturated carbocycles. The molecular formula is C10H12N2O2. The van der Waals surface area contributed by atoms with Crippen LogP contribution < -0.4 is 9.80 Å². The fourth-order valence-corrected chi connectivity index (χ4v) is 1.64. The van der Waals surface area contributed by atoms with Crippen LogP contribution in [0.5, 0.6) is 11.5 Å². The van der Waals surface area contributed by atoms with Gasteiger partial charge >= 0.3 is 0 Å². The van der Waals surface area contributed by atoms with E-state index < -0.39 is 0 Å². The summed E-state index contributed by atoms with van der Waals surface area (Å²) in [6.07, 6.45) is 0. The zero-order valence-corrected chi connectivity index (χ0v) is 7.77. The lowest BCUT2D eigenvalue weighted by atomic mass is 10.2. The van der Waals surface area contributed by atoms with Gasteiger partial charge in [0.05, 0.1) is 11.4 Å². The Balaban J connectivity index is 2.03. The highest BCUT2D eigenvalue weighted by Gasteiger charge is 2.26. The number of hydrogen-bond donors (Lipinski definition) is 2. The van der Waals surface area contributed by atoms with Crippen LogP contribution >= 0.6 is 0 Å². The maximum Gasteiger partial charge on any atom is 0.141 e. The summed E-state index contributed by atoms with van der Waals surface area (Å²) in [7, 11) is 0. The maximum absolute atomic E-state index is 9.72. The van der Waals surface area contributed by atoms with Gasteiger partial charge in [0.2, 0.25) is 0 Å². The molecule has 0 spiro atoms. The second kappa shape index (κ2) is 2.47. The Morgan fingerprint density at radius 2 is 1.14 bits per heavy atom. The molecule has 2 aliphatic rings. The summed E-state index contributed by atoms with van der Waals surface area (Å²) in [6, 6.07) is 3.30. The molecule has 1 aromatic rings. The van der Waals surface area contributed by atoms with Crippen LogP contribution in [0.4, 0.5) is 11.4 Å². The Labute approximate surface area is 82.0 Å². The van der Waals surface area contributed by atoms with Crippen molar-refractivity contribution in [2.24, 2.45) is 0 Å². The number of benzene rings is 1. The highest BCUT2D eigenvalue weighted by atomic mass is 16.3. The van der Waals surface area contributed by atoms with Gasteiger partial charge in [-0.25, -0.2) is 0 Å². The van der Waals surface area contributed by atoms with E-state index in [2.05, 4.69) is 0 Å². The molecule has 0 bridgehead atoms. The topological polar surface area (TPSA) is 46.5 Å². The molecule has 2 aliphatic heterocycles. The van der Waals surface area contributed by atoms with Gasteiger partial charge in [0, 0.05) is 38.3 Å². The molecule has 4 nitrogen and oxygen atoms in total. The number of aromatic hydroxyl groups is 2. The smallest absolute Gasteiger partial charge is 0.141 e. The average molecular weight is 192 g/mol.